The number of aromatic nitrogens is 1. The van der Waals surface area contributed by atoms with Crippen molar-refractivity contribution in [3.05, 3.63) is 29.5 Å². The number of aromatic amines is 1. The highest BCUT2D eigenvalue weighted by Crippen LogP contribution is 2.30. The van der Waals surface area contributed by atoms with E-state index in [9.17, 15) is 9.59 Å². The molecule has 21 heavy (non-hydrogen) atoms. The molecule has 3 N–H and O–H groups in total. The van der Waals surface area contributed by atoms with Gasteiger partial charge in [-0.1, -0.05) is 0 Å². The molecule has 110 valence electrons. The number of fused-ring (bicyclic) bond motifs is 3. The second-order valence-electron chi connectivity index (χ2n) is 5.20. The summed E-state index contributed by atoms with van der Waals surface area (Å²) in [6, 6.07) is 5.47. The number of H-pyrrole nitrogens is 1. The van der Waals surface area contributed by atoms with E-state index in [0.29, 0.717) is 18.5 Å². The van der Waals surface area contributed by atoms with Crippen LogP contribution in [0.15, 0.2) is 18.2 Å². The van der Waals surface area contributed by atoms with E-state index in [1.165, 1.54) is 0 Å². The third kappa shape index (κ3) is 2.44. The third-order valence-corrected chi connectivity index (χ3v) is 3.83. The summed E-state index contributed by atoms with van der Waals surface area (Å²) in [4.78, 5) is 25.9. The first-order chi connectivity index (χ1) is 10.1. The first-order valence-electron chi connectivity index (χ1n) is 6.79. The fraction of sp³-hybridized carbons (Fsp3) is 0.333. The first-order valence-corrected chi connectivity index (χ1v) is 6.79. The molecule has 2 heterocycles. The lowest BCUT2D eigenvalue weighted by Gasteiger charge is -2.23. The second kappa shape index (κ2) is 5.12. The molecule has 1 unspecified atom stereocenters. The Kier molecular flexibility index (Phi) is 3.29. The summed E-state index contributed by atoms with van der Waals surface area (Å²) in [6.07, 6.45) is 1.10. The number of carbonyl (C=O) groups is 2. The largest absolute Gasteiger partial charge is 0.497 e. The van der Waals surface area contributed by atoms with Crippen molar-refractivity contribution in [1.29, 1.82) is 0 Å². The van der Waals surface area contributed by atoms with Crippen LogP contribution in [0.5, 0.6) is 5.75 Å². The zero-order chi connectivity index (χ0) is 15.0. The maximum atomic E-state index is 12.1. The minimum absolute atomic E-state index is 0.0476. The number of carboxylic acid groups (broad SMARTS) is 1. The van der Waals surface area contributed by atoms with Crippen LogP contribution >= 0.6 is 0 Å². The molecule has 1 aliphatic heterocycles. The number of aliphatic carboxylic acids is 1. The maximum absolute atomic E-state index is 12.1. The van der Waals surface area contributed by atoms with E-state index in [1.807, 2.05) is 18.2 Å². The van der Waals surface area contributed by atoms with Gasteiger partial charge in [0.25, 0.3) is 5.91 Å². The van der Waals surface area contributed by atoms with Crippen molar-refractivity contribution >= 4 is 22.8 Å². The van der Waals surface area contributed by atoms with Crippen LogP contribution in [-0.2, 0) is 11.2 Å². The molecule has 6 heteroatoms. The van der Waals surface area contributed by atoms with Crippen LogP contribution in [0, 0.1) is 0 Å². The molecule has 3 rings (SSSR count). The Morgan fingerprint density at radius 3 is 3.00 bits per heavy atom. The first kappa shape index (κ1) is 13.5. The summed E-state index contributed by atoms with van der Waals surface area (Å²) < 4.78 is 5.22. The number of methoxy groups -OCH3 is 1. The molecular formula is C15H16N2O4. The zero-order valence-corrected chi connectivity index (χ0v) is 11.6. The Balaban J connectivity index is 1.97. The van der Waals surface area contributed by atoms with Crippen LogP contribution in [-0.4, -0.2) is 35.1 Å². The van der Waals surface area contributed by atoms with Crippen LogP contribution in [0.2, 0.25) is 0 Å². The van der Waals surface area contributed by atoms with Crippen molar-refractivity contribution in [2.75, 3.05) is 7.11 Å². The molecule has 6 nitrogen and oxygen atoms in total. The number of ether oxygens (including phenoxy) is 1. The highest BCUT2D eigenvalue weighted by molar-refractivity contribution is 6.02. The number of rotatable bonds is 4. The van der Waals surface area contributed by atoms with Crippen LogP contribution in [0.4, 0.5) is 0 Å². The zero-order valence-electron chi connectivity index (χ0n) is 11.6. The SMILES string of the molecule is COc1ccc2[nH]c3c(c2c1)CC(CCC(=O)O)NC3=O. The number of nitrogens with one attached hydrogen (secondary N) is 2. The Labute approximate surface area is 121 Å². The molecule has 1 aromatic carbocycles. The van der Waals surface area contributed by atoms with E-state index in [4.69, 9.17) is 9.84 Å². The van der Waals surface area contributed by atoms with Gasteiger partial charge in [0.2, 0.25) is 0 Å². The molecule has 0 radical (unpaired) electrons. The molecule has 0 saturated carbocycles. The van der Waals surface area contributed by atoms with Crippen molar-refractivity contribution in [3.63, 3.8) is 0 Å². The van der Waals surface area contributed by atoms with Gasteiger partial charge in [0.15, 0.2) is 0 Å². The maximum Gasteiger partial charge on any atom is 0.303 e. The Hall–Kier alpha value is -2.50. The van der Waals surface area contributed by atoms with Crippen molar-refractivity contribution in [3.8, 4) is 5.75 Å². The van der Waals surface area contributed by atoms with Gasteiger partial charge >= 0.3 is 5.97 Å². The fourth-order valence-corrected chi connectivity index (χ4v) is 2.79. The molecule has 1 amide bonds. The van der Waals surface area contributed by atoms with E-state index < -0.39 is 5.97 Å². The van der Waals surface area contributed by atoms with E-state index in [1.54, 1.807) is 7.11 Å². The topological polar surface area (TPSA) is 91.4 Å². The summed E-state index contributed by atoms with van der Waals surface area (Å²) in [5.74, 6) is -0.296. The van der Waals surface area contributed by atoms with Crippen molar-refractivity contribution in [1.82, 2.24) is 10.3 Å². The summed E-state index contributed by atoms with van der Waals surface area (Å²) in [6.45, 7) is 0. The molecule has 0 aliphatic carbocycles. The van der Waals surface area contributed by atoms with Crippen LogP contribution < -0.4 is 10.1 Å². The van der Waals surface area contributed by atoms with Gasteiger partial charge in [-0.3, -0.25) is 9.59 Å². The lowest BCUT2D eigenvalue weighted by molar-refractivity contribution is -0.137. The molecule has 0 saturated heterocycles. The van der Waals surface area contributed by atoms with E-state index in [2.05, 4.69) is 10.3 Å². The monoisotopic (exact) mass is 288 g/mol. The highest BCUT2D eigenvalue weighted by Gasteiger charge is 2.28. The van der Waals surface area contributed by atoms with Crippen LogP contribution in [0.25, 0.3) is 10.9 Å². The van der Waals surface area contributed by atoms with Gasteiger partial charge in [-0.25, -0.2) is 0 Å². The normalized spacial score (nSPS) is 17.4. The predicted molar refractivity (Wildman–Crippen MR) is 76.7 cm³/mol. The number of carbonyl (C=O) groups excluding carboxylic acids is 1. The molecule has 2 aromatic rings. The summed E-state index contributed by atoms with van der Waals surface area (Å²) >= 11 is 0. The molecule has 1 atom stereocenters. The summed E-state index contributed by atoms with van der Waals surface area (Å²) in [5.41, 5.74) is 2.38. The van der Waals surface area contributed by atoms with E-state index in [0.717, 1.165) is 22.2 Å². The van der Waals surface area contributed by atoms with Crippen LogP contribution in [0.3, 0.4) is 0 Å². The quantitative estimate of drug-likeness (QED) is 0.798. The molecular weight excluding hydrogens is 272 g/mol. The highest BCUT2D eigenvalue weighted by atomic mass is 16.5. The van der Waals surface area contributed by atoms with Gasteiger partial charge < -0.3 is 20.1 Å². The van der Waals surface area contributed by atoms with Gasteiger partial charge in [-0.2, -0.15) is 0 Å². The molecule has 0 spiro atoms. The number of carboxylic acids is 1. The predicted octanol–water partition coefficient (Wildman–Crippen LogP) is 1.70. The van der Waals surface area contributed by atoms with Crippen molar-refractivity contribution < 1.29 is 19.4 Å². The van der Waals surface area contributed by atoms with Crippen molar-refractivity contribution in [2.24, 2.45) is 0 Å². The van der Waals surface area contributed by atoms with Gasteiger partial charge in [-0.05, 0) is 36.6 Å². The number of hydrogen-bond acceptors (Lipinski definition) is 3. The van der Waals surface area contributed by atoms with Gasteiger partial charge in [0.05, 0.1) is 7.11 Å². The van der Waals surface area contributed by atoms with Gasteiger partial charge in [-0.15, -0.1) is 0 Å². The average molecular weight is 288 g/mol. The summed E-state index contributed by atoms with van der Waals surface area (Å²) in [5, 5.41) is 12.6. The third-order valence-electron chi connectivity index (χ3n) is 3.83. The van der Waals surface area contributed by atoms with Crippen LogP contribution in [0.1, 0.15) is 28.9 Å². The Morgan fingerprint density at radius 1 is 1.48 bits per heavy atom. The minimum Gasteiger partial charge on any atom is -0.497 e. The summed E-state index contributed by atoms with van der Waals surface area (Å²) in [7, 11) is 1.60. The standard InChI is InChI=1S/C15H16N2O4/c1-21-9-3-4-12-10(7-9)11-6-8(2-5-13(18)19)16-15(20)14(11)17-12/h3-4,7-8,17H,2,5-6H2,1H3,(H,16,20)(H,18,19). The van der Waals surface area contributed by atoms with Crippen molar-refractivity contribution in [2.45, 2.75) is 25.3 Å². The Bertz CT molecular complexity index is 720. The lowest BCUT2D eigenvalue weighted by atomic mass is 9.95. The van der Waals surface area contributed by atoms with E-state index >= 15 is 0 Å². The molecule has 0 fully saturated rings. The fourth-order valence-electron chi connectivity index (χ4n) is 2.79. The number of hydrogen-bond donors (Lipinski definition) is 3. The average Bonchev–Trinajstić information content (AvgIpc) is 2.83. The minimum atomic E-state index is -0.851. The van der Waals surface area contributed by atoms with E-state index in [-0.39, 0.29) is 18.4 Å². The van der Waals surface area contributed by atoms with Gasteiger partial charge in [0.1, 0.15) is 11.4 Å². The molecule has 1 aliphatic rings. The lowest BCUT2D eigenvalue weighted by Crippen LogP contribution is -2.41. The number of benzene rings is 1. The molecule has 1 aromatic heterocycles. The van der Waals surface area contributed by atoms with Gasteiger partial charge in [0, 0.05) is 23.4 Å². The Morgan fingerprint density at radius 2 is 2.29 bits per heavy atom. The smallest absolute Gasteiger partial charge is 0.303 e. The number of amides is 1. The molecule has 0 bridgehead atoms. The second-order valence-corrected chi connectivity index (χ2v) is 5.20.